The molecule has 18 heavy (non-hydrogen) atoms. The highest BCUT2D eigenvalue weighted by Crippen LogP contribution is 2.24. The minimum atomic E-state index is -0.493. The fraction of sp³-hybridized carbons (Fsp3) is 0.0714. The molecule has 0 aliphatic rings. The van der Waals surface area contributed by atoms with Gasteiger partial charge in [-0.1, -0.05) is 17.7 Å². The van der Waals surface area contributed by atoms with Crippen molar-refractivity contribution in [1.29, 1.82) is 5.26 Å². The number of nitrogens with zero attached hydrogens (tertiary/aromatic N) is 1. The van der Waals surface area contributed by atoms with Crippen molar-refractivity contribution in [3.8, 4) is 6.07 Å². The highest BCUT2D eigenvalue weighted by molar-refractivity contribution is 6.30. The lowest BCUT2D eigenvalue weighted by Crippen LogP contribution is -1.94. The van der Waals surface area contributed by atoms with E-state index in [1.54, 1.807) is 18.2 Å². The van der Waals surface area contributed by atoms with Crippen molar-refractivity contribution in [1.82, 2.24) is 0 Å². The fourth-order valence-corrected chi connectivity index (χ4v) is 1.71. The Hall–Kier alpha value is -2.05. The minimum absolute atomic E-state index is 0.0740. The van der Waals surface area contributed by atoms with Crippen LogP contribution in [-0.4, -0.2) is 0 Å². The minimum Gasteiger partial charge on any atom is -0.354 e. The second-order valence-corrected chi connectivity index (χ2v) is 4.32. The molecule has 0 heterocycles. The highest BCUT2D eigenvalue weighted by Gasteiger charge is 2.05. The maximum absolute atomic E-state index is 13.3. The molecule has 0 amide bonds. The molecule has 0 bridgehead atoms. The van der Waals surface area contributed by atoms with Crippen LogP contribution < -0.4 is 5.32 Å². The molecule has 90 valence electrons. The topological polar surface area (TPSA) is 35.8 Å². The summed E-state index contributed by atoms with van der Waals surface area (Å²) in [5, 5.41) is 12.1. The number of nitrogens with one attached hydrogen (secondary N) is 1. The van der Waals surface area contributed by atoms with Crippen molar-refractivity contribution >= 4 is 23.0 Å². The second kappa shape index (κ2) is 5.07. The molecular formula is C14H10ClFN2. The molecule has 4 heteroatoms. The molecule has 0 saturated carbocycles. The van der Waals surface area contributed by atoms with Gasteiger partial charge in [-0.15, -0.1) is 0 Å². The first-order valence-electron chi connectivity index (χ1n) is 5.33. The zero-order valence-corrected chi connectivity index (χ0v) is 10.4. The zero-order valence-electron chi connectivity index (χ0n) is 9.67. The van der Waals surface area contributed by atoms with Crippen LogP contribution in [0.1, 0.15) is 11.1 Å². The Labute approximate surface area is 110 Å². The van der Waals surface area contributed by atoms with Gasteiger partial charge >= 0.3 is 0 Å². The summed E-state index contributed by atoms with van der Waals surface area (Å²) < 4.78 is 13.3. The van der Waals surface area contributed by atoms with E-state index in [1.165, 1.54) is 12.1 Å². The smallest absolute Gasteiger partial charge is 0.143 e. The van der Waals surface area contributed by atoms with Crippen LogP contribution >= 0.6 is 11.6 Å². The molecule has 2 aromatic rings. The van der Waals surface area contributed by atoms with Crippen LogP contribution in [0.3, 0.4) is 0 Å². The summed E-state index contributed by atoms with van der Waals surface area (Å²) in [4.78, 5) is 0. The lowest BCUT2D eigenvalue weighted by molar-refractivity contribution is 0.629. The summed E-state index contributed by atoms with van der Waals surface area (Å²) >= 11 is 5.61. The Morgan fingerprint density at radius 2 is 2.00 bits per heavy atom. The molecule has 0 saturated heterocycles. The normalized spacial score (nSPS) is 9.89. The second-order valence-electron chi connectivity index (χ2n) is 3.91. The van der Waals surface area contributed by atoms with Crippen LogP contribution in [0.2, 0.25) is 5.02 Å². The standard InChI is InChI=1S/C14H10ClFN2/c1-9-2-5-14(10(6-9)8-17)18-11-3-4-12(15)13(16)7-11/h2-7,18H,1H3. The van der Waals surface area contributed by atoms with E-state index in [2.05, 4.69) is 11.4 Å². The predicted molar refractivity (Wildman–Crippen MR) is 70.6 cm³/mol. The molecule has 0 fully saturated rings. The van der Waals surface area contributed by atoms with E-state index in [0.717, 1.165) is 5.56 Å². The van der Waals surface area contributed by atoms with Crippen molar-refractivity contribution in [2.75, 3.05) is 5.32 Å². The summed E-state index contributed by atoms with van der Waals surface area (Å²) in [5.74, 6) is -0.493. The first-order valence-corrected chi connectivity index (χ1v) is 5.71. The van der Waals surface area contributed by atoms with Crippen LogP contribution in [0.15, 0.2) is 36.4 Å². The Balaban J connectivity index is 2.34. The van der Waals surface area contributed by atoms with Gasteiger partial charge in [0.25, 0.3) is 0 Å². The first-order chi connectivity index (χ1) is 8.60. The third-order valence-corrected chi connectivity index (χ3v) is 2.80. The number of hydrogen-bond donors (Lipinski definition) is 1. The lowest BCUT2D eigenvalue weighted by atomic mass is 10.1. The largest absolute Gasteiger partial charge is 0.354 e. The lowest BCUT2D eigenvalue weighted by Gasteiger charge is -2.09. The predicted octanol–water partition coefficient (Wildman–Crippen LogP) is 4.40. The average Bonchev–Trinajstić information content (AvgIpc) is 2.36. The molecule has 0 unspecified atom stereocenters. The van der Waals surface area contributed by atoms with Crippen LogP contribution in [0, 0.1) is 24.1 Å². The van der Waals surface area contributed by atoms with Gasteiger partial charge in [0.1, 0.15) is 11.9 Å². The maximum Gasteiger partial charge on any atom is 0.143 e. The Morgan fingerprint density at radius 1 is 1.22 bits per heavy atom. The molecule has 2 aromatic carbocycles. The molecule has 2 nitrogen and oxygen atoms in total. The number of hydrogen-bond acceptors (Lipinski definition) is 2. The van der Waals surface area contributed by atoms with Gasteiger partial charge in [0, 0.05) is 5.69 Å². The van der Waals surface area contributed by atoms with Gasteiger partial charge in [-0.3, -0.25) is 0 Å². The molecule has 1 N–H and O–H groups in total. The Morgan fingerprint density at radius 3 is 2.67 bits per heavy atom. The van der Waals surface area contributed by atoms with E-state index >= 15 is 0 Å². The number of aryl methyl sites for hydroxylation is 1. The maximum atomic E-state index is 13.3. The van der Waals surface area contributed by atoms with E-state index < -0.39 is 5.82 Å². The fourth-order valence-electron chi connectivity index (χ4n) is 1.59. The van der Waals surface area contributed by atoms with Gasteiger partial charge in [0.15, 0.2) is 0 Å². The highest BCUT2D eigenvalue weighted by atomic mass is 35.5. The van der Waals surface area contributed by atoms with Crippen molar-refractivity contribution in [2.24, 2.45) is 0 Å². The molecular weight excluding hydrogens is 251 g/mol. The van der Waals surface area contributed by atoms with Crippen molar-refractivity contribution in [2.45, 2.75) is 6.92 Å². The monoisotopic (exact) mass is 260 g/mol. The number of rotatable bonds is 2. The quantitative estimate of drug-likeness (QED) is 0.869. The Bertz CT molecular complexity index is 632. The van der Waals surface area contributed by atoms with Gasteiger partial charge in [0.05, 0.1) is 16.3 Å². The third kappa shape index (κ3) is 2.61. The molecule has 0 atom stereocenters. The Kier molecular flexibility index (Phi) is 3.50. The number of anilines is 2. The average molecular weight is 261 g/mol. The number of nitriles is 1. The van der Waals surface area contributed by atoms with Gasteiger partial charge in [0.2, 0.25) is 0 Å². The van der Waals surface area contributed by atoms with Crippen molar-refractivity contribution < 1.29 is 4.39 Å². The number of benzene rings is 2. The van der Waals surface area contributed by atoms with E-state index in [-0.39, 0.29) is 5.02 Å². The van der Waals surface area contributed by atoms with Crippen LogP contribution in [0.25, 0.3) is 0 Å². The first kappa shape index (κ1) is 12.4. The zero-order chi connectivity index (χ0) is 13.1. The van der Waals surface area contributed by atoms with Crippen molar-refractivity contribution in [3.63, 3.8) is 0 Å². The van der Waals surface area contributed by atoms with Gasteiger partial charge in [-0.25, -0.2) is 4.39 Å². The molecule has 0 aliphatic heterocycles. The molecule has 0 aliphatic carbocycles. The summed E-state index contributed by atoms with van der Waals surface area (Å²) in [7, 11) is 0. The molecule has 0 aromatic heterocycles. The van der Waals surface area contributed by atoms with Crippen LogP contribution in [0.4, 0.5) is 15.8 Å². The van der Waals surface area contributed by atoms with E-state index in [0.29, 0.717) is 16.9 Å². The number of halogens is 2. The van der Waals surface area contributed by atoms with Gasteiger partial charge < -0.3 is 5.32 Å². The van der Waals surface area contributed by atoms with E-state index in [1.807, 2.05) is 13.0 Å². The van der Waals surface area contributed by atoms with E-state index in [9.17, 15) is 4.39 Å². The molecule has 0 spiro atoms. The molecule has 2 rings (SSSR count). The summed E-state index contributed by atoms with van der Waals surface area (Å²) in [6.45, 7) is 1.91. The molecule has 0 radical (unpaired) electrons. The summed E-state index contributed by atoms with van der Waals surface area (Å²) in [6.07, 6.45) is 0. The van der Waals surface area contributed by atoms with Crippen LogP contribution in [0.5, 0.6) is 0 Å². The summed E-state index contributed by atoms with van der Waals surface area (Å²) in [6, 6.07) is 12.0. The summed E-state index contributed by atoms with van der Waals surface area (Å²) in [5.41, 5.74) is 2.71. The van der Waals surface area contributed by atoms with Gasteiger partial charge in [-0.05, 0) is 42.8 Å². The van der Waals surface area contributed by atoms with Gasteiger partial charge in [-0.2, -0.15) is 5.26 Å². The van der Waals surface area contributed by atoms with E-state index in [4.69, 9.17) is 16.9 Å². The third-order valence-electron chi connectivity index (χ3n) is 2.49. The SMILES string of the molecule is Cc1ccc(Nc2ccc(Cl)c(F)c2)c(C#N)c1. The van der Waals surface area contributed by atoms with Crippen LogP contribution in [-0.2, 0) is 0 Å². The van der Waals surface area contributed by atoms with Crippen molar-refractivity contribution in [3.05, 3.63) is 58.4 Å².